The van der Waals surface area contributed by atoms with Crippen LogP contribution in [0.25, 0.3) is 0 Å². The van der Waals surface area contributed by atoms with Crippen molar-refractivity contribution in [2.75, 3.05) is 5.43 Å². The Labute approximate surface area is 117 Å². The third-order valence-electron chi connectivity index (χ3n) is 4.37. The minimum Gasteiger partial charge on any atom is -0.393 e. The molecule has 0 saturated carbocycles. The number of aromatic nitrogens is 1. The number of aryl methyl sites for hydroxylation is 1. The molecule has 2 atom stereocenters. The number of amides is 1. The van der Waals surface area contributed by atoms with Gasteiger partial charge in [-0.05, 0) is 38.7 Å². The largest absolute Gasteiger partial charge is 0.393 e. The number of nitrogen functional groups attached to an aromatic ring is 1. The predicted molar refractivity (Wildman–Crippen MR) is 75.0 cm³/mol. The van der Waals surface area contributed by atoms with Crippen LogP contribution < -0.4 is 11.3 Å². The van der Waals surface area contributed by atoms with Gasteiger partial charge in [0.1, 0.15) is 0 Å². The van der Waals surface area contributed by atoms with Crippen molar-refractivity contribution in [1.29, 1.82) is 0 Å². The molecule has 2 saturated heterocycles. The van der Waals surface area contributed by atoms with Crippen molar-refractivity contribution in [2.24, 2.45) is 5.84 Å². The standard InChI is InChI=1S/C14H20N4O2/c1-8-4-13(17-15)12(7-16-8)14(20)18-9-2-3-10(18)6-11(19)5-9/h4,7,9-11,19H,2-3,5-6,15H2,1H3,(H,16,17). The fourth-order valence-electron chi connectivity index (χ4n) is 3.47. The fourth-order valence-corrected chi connectivity index (χ4v) is 3.47. The lowest BCUT2D eigenvalue weighted by Gasteiger charge is -2.37. The van der Waals surface area contributed by atoms with E-state index in [9.17, 15) is 9.90 Å². The number of fused-ring (bicyclic) bond motifs is 2. The SMILES string of the molecule is Cc1cc(NN)c(C(=O)N2C3CCC2CC(O)C3)cn1. The summed E-state index contributed by atoms with van der Waals surface area (Å²) in [5, 5.41) is 9.81. The molecule has 0 spiro atoms. The van der Waals surface area contributed by atoms with Gasteiger partial charge in [-0.1, -0.05) is 0 Å². The predicted octanol–water partition coefficient (Wildman–Crippen LogP) is 0.804. The summed E-state index contributed by atoms with van der Waals surface area (Å²) in [4.78, 5) is 18.9. The Hall–Kier alpha value is -1.66. The molecular weight excluding hydrogens is 256 g/mol. The van der Waals surface area contributed by atoms with Gasteiger partial charge in [0.05, 0.1) is 17.4 Å². The molecule has 1 amide bonds. The number of pyridine rings is 1. The van der Waals surface area contributed by atoms with Gasteiger partial charge in [0.2, 0.25) is 0 Å². The second-order valence-corrected chi connectivity index (χ2v) is 5.74. The monoisotopic (exact) mass is 276 g/mol. The summed E-state index contributed by atoms with van der Waals surface area (Å²) in [6, 6.07) is 2.06. The maximum Gasteiger partial charge on any atom is 0.258 e. The minimum atomic E-state index is -0.278. The first-order valence-electron chi connectivity index (χ1n) is 7.04. The van der Waals surface area contributed by atoms with E-state index >= 15 is 0 Å². The molecule has 0 aliphatic carbocycles. The number of piperidine rings is 1. The zero-order valence-corrected chi connectivity index (χ0v) is 11.5. The summed E-state index contributed by atoms with van der Waals surface area (Å²) >= 11 is 0. The van der Waals surface area contributed by atoms with Crippen molar-refractivity contribution >= 4 is 11.6 Å². The van der Waals surface area contributed by atoms with E-state index < -0.39 is 0 Å². The Morgan fingerprint density at radius 3 is 2.70 bits per heavy atom. The highest BCUT2D eigenvalue weighted by Crippen LogP contribution is 2.37. The quantitative estimate of drug-likeness (QED) is 0.549. The van der Waals surface area contributed by atoms with Gasteiger partial charge in [-0.15, -0.1) is 0 Å². The van der Waals surface area contributed by atoms with E-state index in [0.717, 1.165) is 18.5 Å². The lowest BCUT2D eigenvalue weighted by Crippen LogP contribution is -2.48. The molecule has 1 aromatic heterocycles. The zero-order chi connectivity index (χ0) is 14.3. The number of hydrogen-bond donors (Lipinski definition) is 3. The average molecular weight is 276 g/mol. The first kappa shape index (κ1) is 13.3. The number of carbonyl (C=O) groups is 1. The number of nitrogens with zero attached hydrogens (tertiary/aromatic N) is 2. The number of nitrogens with two attached hydrogens (primary N) is 1. The van der Waals surface area contributed by atoms with Gasteiger partial charge in [-0.25, -0.2) is 0 Å². The fraction of sp³-hybridized carbons (Fsp3) is 0.571. The zero-order valence-electron chi connectivity index (χ0n) is 11.5. The van der Waals surface area contributed by atoms with Crippen molar-refractivity contribution in [3.05, 3.63) is 23.5 Å². The number of carbonyl (C=O) groups excluding carboxylic acids is 1. The van der Waals surface area contributed by atoms with E-state index in [1.54, 1.807) is 12.3 Å². The highest BCUT2D eigenvalue weighted by Gasteiger charge is 2.43. The van der Waals surface area contributed by atoms with Gasteiger partial charge >= 0.3 is 0 Å². The molecular formula is C14H20N4O2. The van der Waals surface area contributed by atoms with Crippen molar-refractivity contribution in [2.45, 2.75) is 50.8 Å². The number of hydrogen-bond acceptors (Lipinski definition) is 5. The highest BCUT2D eigenvalue weighted by molar-refractivity contribution is 5.99. The third-order valence-corrected chi connectivity index (χ3v) is 4.37. The molecule has 108 valence electrons. The Balaban J connectivity index is 1.90. The van der Waals surface area contributed by atoms with Crippen LogP contribution in [0.15, 0.2) is 12.3 Å². The smallest absolute Gasteiger partial charge is 0.258 e. The summed E-state index contributed by atoms with van der Waals surface area (Å²) in [6.07, 6.45) is 4.59. The lowest BCUT2D eigenvalue weighted by atomic mass is 9.98. The molecule has 2 unspecified atom stereocenters. The van der Waals surface area contributed by atoms with Crippen LogP contribution in [0.5, 0.6) is 0 Å². The summed E-state index contributed by atoms with van der Waals surface area (Å²) < 4.78 is 0. The molecule has 2 aliphatic rings. The van der Waals surface area contributed by atoms with Gasteiger partial charge in [-0.2, -0.15) is 0 Å². The number of anilines is 1. The van der Waals surface area contributed by atoms with Crippen LogP contribution in [0.1, 0.15) is 41.7 Å². The molecule has 4 N–H and O–H groups in total. The molecule has 0 aromatic carbocycles. The van der Waals surface area contributed by atoms with E-state index in [2.05, 4.69) is 10.4 Å². The maximum atomic E-state index is 12.8. The van der Waals surface area contributed by atoms with Crippen LogP contribution in [0.2, 0.25) is 0 Å². The molecule has 2 bridgehead atoms. The first-order valence-corrected chi connectivity index (χ1v) is 7.04. The minimum absolute atomic E-state index is 0.0372. The van der Waals surface area contributed by atoms with E-state index in [1.165, 1.54) is 0 Å². The molecule has 2 fully saturated rings. The first-order chi connectivity index (χ1) is 9.60. The normalized spacial score (nSPS) is 28.6. The Morgan fingerprint density at radius 2 is 2.10 bits per heavy atom. The molecule has 1 aromatic rings. The van der Waals surface area contributed by atoms with Gasteiger partial charge in [0, 0.05) is 24.0 Å². The summed E-state index contributed by atoms with van der Waals surface area (Å²) in [5.41, 5.74) is 4.50. The average Bonchev–Trinajstić information content (AvgIpc) is 2.70. The second kappa shape index (κ2) is 5.03. The lowest BCUT2D eigenvalue weighted by molar-refractivity contribution is 0.0287. The van der Waals surface area contributed by atoms with Gasteiger partial charge < -0.3 is 15.4 Å². The number of aliphatic hydroxyl groups excluding tert-OH is 1. The van der Waals surface area contributed by atoms with E-state index in [4.69, 9.17) is 5.84 Å². The van der Waals surface area contributed by atoms with Crippen molar-refractivity contribution < 1.29 is 9.90 Å². The topological polar surface area (TPSA) is 91.5 Å². The second-order valence-electron chi connectivity index (χ2n) is 5.74. The van der Waals surface area contributed by atoms with Crippen LogP contribution in [0.4, 0.5) is 5.69 Å². The van der Waals surface area contributed by atoms with Crippen molar-refractivity contribution in [1.82, 2.24) is 9.88 Å². The van der Waals surface area contributed by atoms with Crippen molar-refractivity contribution in [3.8, 4) is 0 Å². The van der Waals surface area contributed by atoms with Gasteiger partial charge in [-0.3, -0.25) is 15.6 Å². The molecule has 2 aliphatic heterocycles. The molecule has 3 rings (SSSR count). The summed E-state index contributed by atoms with van der Waals surface area (Å²) in [7, 11) is 0. The van der Waals surface area contributed by atoms with Crippen LogP contribution in [-0.2, 0) is 0 Å². The number of rotatable bonds is 2. The van der Waals surface area contributed by atoms with Crippen LogP contribution in [0.3, 0.4) is 0 Å². The molecule has 6 heteroatoms. The maximum absolute atomic E-state index is 12.8. The molecule has 3 heterocycles. The van der Waals surface area contributed by atoms with Crippen LogP contribution >= 0.6 is 0 Å². The number of aliphatic hydroxyl groups is 1. The molecule has 6 nitrogen and oxygen atoms in total. The van der Waals surface area contributed by atoms with Crippen LogP contribution in [-0.4, -0.2) is 39.1 Å². The Morgan fingerprint density at radius 1 is 1.45 bits per heavy atom. The Kier molecular flexibility index (Phi) is 3.35. The van der Waals surface area contributed by atoms with Gasteiger partial charge in [0.15, 0.2) is 0 Å². The van der Waals surface area contributed by atoms with E-state index in [1.807, 2.05) is 11.8 Å². The van der Waals surface area contributed by atoms with Gasteiger partial charge in [0.25, 0.3) is 5.91 Å². The summed E-state index contributed by atoms with van der Waals surface area (Å²) in [5.74, 6) is 5.47. The Bertz CT molecular complexity index is 520. The van der Waals surface area contributed by atoms with Crippen molar-refractivity contribution in [3.63, 3.8) is 0 Å². The number of nitrogens with one attached hydrogen (secondary N) is 1. The molecule has 20 heavy (non-hydrogen) atoms. The third kappa shape index (κ3) is 2.14. The summed E-state index contributed by atoms with van der Waals surface area (Å²) in [6.45, 7) is 1.86. The van der Waals surface area contributed by atoms with E-state index in [0.29, 0.717) is 24.1 Å². The number of hydrazine groups is 1. The van der Waals surface area contributed by atoms with E-state index in [-0.39, 0.29) is 24.1 Å². The highest BCUT2D eigenvalue weighted by atomic mass is 16.3. The van der Waals surface area contributed by atoms with Crippen LogP contribution in [0, 0.1) is 6.92 Å². The molecule has 0 radical (unpaired) electrons.